The SMILES string of the molecule is COc1ccccc1N1C(=O)C(c2ccc(C)cc2C)=C(N2CCCC2)C1=O. The molecule has 0 N–H and O–H groups in total. The van der Waals surface area contributed by atoms with Crippen LogP contribution in [0.15, 0.2) is 48.2 Å². The lowest BCUT2D eigenvalue weighted by Gasteiger charge is -2.21. The molecule has 28 heavy (non-hydrogen) atoms. The molecule has 0 radical (unpaired) electrons. The van der Waals surface area contributed by atoms with Gasteiger partial charge in [-0.15, -0.1) is 0 Å². The van der Waals surface area contributed by atoms with Crippen LogP contribution in [0.25, 0.3) is 5.57 Å². The van der Waals surface area contributed by atoms with E-state index < -0.39 is 0 Å². The Hall–Kier alpha value is -3.08. The van der Waals surface area contributed by atoms with Crippen molar-refractivity contribution < 1.29 is 14.3 Å². The maximum absolute atomic E-state index is 13.6. The summed E-state index contributed by atoms with van der Waals surface area (Å²) in [4.78, 5) is 30.4. The monoisotopic (exact) mass is 376 g/mol. The minimum Gasteiger partial charge on any atom is -0.495 e. The molecule has 0 bridgehead atoms. The smallest absolute Gasteiger partial charge is 0.282 e. The molecule has 2 amide bonds. The van der Waals surface area contributed by atoms with Crippen LogP contribution in [0, 0.1) is 13.8 Å². The highest BCUT2D eigenvalue weighted by Crippen LogP contribution is 2.40. The highest BCUT2D eigenvalue weighted by Gasteiger charge is 2.44. The molecule has 5 heteroatoms. The fraction of sp³-hybridized carbons (Fsp3) is 0.304. The average Bonchev–Trinajstić information content (AvgIpc) is 3.28. The van der Waals surface area contributed by atoms with Gasteiger partial charge in [-0.2, -0.15) is 0 Å². The number of rotatable bonds is 4. The van der Waals surface area contributed by atoms with Crippen LogP contribution in [-0.2, 0) is 9.59 Å². The van der Waals surface area contributed by atoms with E-state index in [1.807, 2.05) is 44.2 Å². The van der Waals surface area contributed by atoms with E-state index in [4.69, 9.17) is 4.74 Å². The molecule has 0 saturated carbocycles. The van der Waals surface area contributed by atoms with Crippen molar-refractivity contribution in [3.8, 4) is 5.75 Å². The predicted molar refractivity (Wildman–Crippen MR) is 109 cm³/mol. The molecule has 0 unspecified atom stereocenters. The Bertz CT molecular complexity index is 987. The number of anilines is 1. The van der Waals surface area contributed by atoms with Gasteiger partial charge in [0, 0.05) is 13.1 Å². The predicted octanol–water partition coefficient (Wildman–Crippen LogP) is 3.69. The number of hydrogen-bond donors (Lipinski definition) is 0. The highest BCUT2D eigenvalue weighted by atomic mass is 16.5. The molecular formula is C23H24N2O3. The van der Waals surface area contributed by atoms with Crippen molar-refractivity contribution in [2.45, 2.75) is 26.7 Å². The molecule has 2 heterocycles. The molecule has 2 aromatic carbocycles. The molecule has 1 fully saturated rings. The van der Waals surface area contributed by atoms with Crippen molar-refractivity contribution in [3.05, 3.63) is 64.9 Å². The number of carbonyl (C=O) groups is 2. The van der Waals surface area contributed by atoms with E-state index in [1.165, 1.54) is 4.90 Å². The molecule has 2 aliphatic rings. The van der Waals surface area contributed by atoms with Crippen LogP contribution in [0.2, 0.25) is 0 Å². The second-order valence-electron chi connectivity index (χ2n) is 7.35. The summed E-state index contributed by atoms with van der Waals surface area (Å²) < 4.78 is 5.42. The molecule has 0 aliphatic carbocycles. The van der Waals surface area contributed by atoms with Crippen molar-refractivity contribution in [1.29, 1.82) is 0 Å². The van der Waals surface area contributed by atoms with Crippen molar-refractivity contribution >= 4 is 23.1 Å². The molecule has 4 rings (SSSR count). The first kappa shape index (κ1) is 18.3. The Morgan fingerprint density at radius 3 is 2.32 bits per heavy atom. The number of aryl methyl sites for hydroxylation is 2. The van der Waals surface area contributed by atoms with Gasteiger partial charge in [-0.25, -0.2) is 4.90 Å². The third-order valence-corrected chi connectivity index (χ3v) is 5.46. The zero-order valence-corrected chi connectivity index (χ0v) is 16.5. The summed E-state index contributed by atoms with van der Waals surface area (Å²) in [6, 6.07) is 13.1. The number of methoxy groups -OCH3 is 1. The van der Waals surface area contributed by atoms with Crippen molar-refractivity contribution in [2.75, 3.05) is 25.1 Å². The molecule has 144 valence electrons. The summed E-state index contributed by atoms with van der Waals surface area (Å²) in [7, 11) is 1.55. The van der Waals surface area contributed by atoms with E-state index in [0.717, 1.165) is 42.6 Å². The minimum absolute atomic E-state index is 0.272. The van der Waals surface area contributed by atoms with Gasteiger partial charge in [-0.1, -0.05) is 35.9 Å². The normalized spacial score (nSPS) is 17.1. The number of benzene rings is 2. The first-order valence-electron chi connectivity index (χ1n) is 9.61. The summed E-state index contributed by atoms with van der Waals surface area (Å²) in [5.41, 5.74) is 4.44. The second kappa shape index (κ2) is 7.15. The van der Waals surface area contributed by atoms with Gasteiger partial charge in [0.05, 0.1) is 18.4 Å². The van der Waals surface area contributed by atoms with E-state index in [1.54, 1.807) is 19.2 Å². The quantitative estimate of drug-likeness (QED) is 0.764. The van der Waals surface area contributed by atoms with E-state index in [2.05, 4.69) is 4.90 Å². The zero-order valence-electron chi connectivity index (χ0n) is 16.5. The van der Waals surface area contributed by atoms with Gasteiger partial charge < -0.3 is 9.64 Å². The number of carbonyl (C=O) groups excluding carboxylic acids is 2. The highest BCUT2D eigenvalue weighted by molar-refractivity contribution is 6.45. The van der Waals surface area contributed by atoms with Gasteiger partial charge in [0.2, 0.25) is 0 Å². The standard InChI is InChI=1S/C23H24N2O3/c1-15-10-11-17(16(2)14-15)20-21(24-12-6-7-13-24)23(27)25(22(20)26)18-8-4-5-9-19(18)28-3/h4-5,8-11,14H,6-7,12-13H2,1-3H3. The summed E-state index contributed by atoms with van der Waals surface area (Å²) in [6.45, 7) is 5.60. The van der Waals surface area contributed by atoms with Gasteiger partial charge >= 0.3 is 0 Å². The fourth-order valence-electron chi connectivity index (χ4n) is 4.12. The fourth-order valence-corrected chi connectivity index (χ4v) is 4.12. The van der Waals surface area contributed by atoms with E-state index in [9.17, 15) is 9.59 Å². The lowest BCUT2D eigenvalue weighted by atomic mass is 9.97. The Morgan fingerprint density at radius 2 is 1.64 bits per heavy atom. The van der Waals surface area contributed by atoms with Crippen molar-refractivity contribution in [1.82, 2.24) is 4.90 Å². The molecule has 0 atom stereocenters. The molecule has 2 aliphatic heterocycles. The van der Waals surface area contributed by atoms with Gasteiger partial charge in [-0.3, -0.25) is 9.59 Å². The Labute approximate surface area is 165 Å². The van der Waals surface area contributed by atoms with Gasteiger partial charge in [0.1, 0.15) is 11.4 Å². The summed E-state index contributed by atoms with van der Waals surface area (Å²) >= 11 is 0. The van der Waals surface area contributed by atoms with Gasteiger partial charge in [-0.05, 0) is 49.9 Å². The Balaban J connectivity index is 1.89. The van der Waals surface area contributed by atoms with Crippen LogP contribution in [-0.4, -0.2) is 36.9 Å². The van der Waals surface area contributed by atoms with E-state index in [-0.39, 0.29) is 11.8 Å². The largest absolute Gasteiger partial charge is 0.495 e. The molecule has 0 aromatic heterocycles. The second-order valence-corrected chi connectivity index (χ2v) is 7.35. The van der Waals surface area contributed by atoms with Gasteiger partial charge in [0.25, 0.3) is 11.8 Å². The van der Waals surface area contributed by atoms with Crippen LogP contribution in [0.1, 0.15) is 29.5 Å². The Morgan fingerprint density at radius 1 is 0.929 bits per heavy atom. The number of imide groups is 1. The molecular weight excluding hydrogens is 352 g/mol. The number of amides is 2. The molecule has 1 saturated heterocycles. The first-order chi connectivity index (χ1) is 13.5. The third-order valence-electron chi connectivity index (χ3n) is 5.46. The van der Waals surface area contributed by atoms with Crippen LogP contribution in [0.5, 0.6) is 5.75 Å². The number of likely N-dealkylation sites (tertiary alicyclic amines) is 1. The molecule has 0 spiro atoms. The van der Waals surface area contributed by atoms with Crippen LogP contribution >= 0.6 is 0 Å². The summed E-state index contributed by atoms with van der Waals surface area (Å²) in [6.07, 6.45) is 2.06. The minimum atomic E-state index is -0.289. The number of nitrogens with zero attached hydrogens (tertiary/aromatic N) is 2. The maximum atomic E-state index is 13.6. The first-order valence-corrected chi connectivity index (χ1v) is 9.61. The molecule has 5 nitrogen and oxygen atoms in total. The van der Waals surface area contributed by atoms with E-state index >= 15 is 0 Å². The molecule has 2 aromatic rings. The third kappa shape index (κ3) is 2.87. The van der Waals surface area contributed by atoms with Crippen LogP contribution in [0.4, 0.5) is 5.69 Å². The van der Waals surface area contributed by atoms with Crippen molar-refractivity contribution in [2.24, 2.45) is 0 Å². The average molecular weight is 376 g/mol. The summed E-state index contributed by atoms with van der Waals surface area (Å²) in [5.74, 6) is -0.0541. The topological polar surface area (TPSA) is 49.9 Å². The maximum Gasteiger partial charge on any atom is 0.282 e. The Kier molecular flexibility index (Phi) is 4.67. The lowest BCUT2D eigenvalue weighted by molar-refractivity contribution is -0.120. The number of ether oxygens (including phenoxy) is 1. The van der Waals surface area contributed by atoms with Crippen molar-refractivity contribution in [3.63, 3.8) is 0 Å². The summed E-state index contributed by atoms with van der Waals surface area (Å²) in [5, 5.41) is 0. The van der Waals surface area contributed by atoms with Crippen LogP contribution < -0.4 is 9.64 Å². The zero-order chi connectivity index (χ0) is 19.8. The number of para-hydroxylation sites is 2. The lowest BCUT2D eigenvalue weighted by Crippen LogP contribution is -2.34. The van der Waals surface area contributed by atoms with Gasteiger partial charge in [0.15, 0.2) is 0 Å². The van der Waals surface area contributed by atoms with Crippen LogP contribution in [0.3, 0.4) is 0 Å². The van der Waals surface area contributed by atoms with E-state index in [0.29, 0.717) is 22.7 Å². The number of hydrogen-bond acceptors (Lipinski definition) is 4.